The van der Waals surface area contributed by atoms with Crippen molar-refractivity contribution in [2.24, 2.45) is 0 Å². The maximum atomic E-state index is 12.3. The highest BCUT2D eigenvalue weighted by Crippen LogP contribution is 2.27. The van der Waals surface area contributed by atoms with E-state index < -0.39 is 0 Å². The molecule has 0 N–H and O–H groups in total. The number of amides is 1. The Morgan fingerprint density at radius 2 is 2.04 bits per heavy atom. The Morgan fingerprint density at radius 3 is 2.84 bits per heavy atom. The maximum Gasteiger partial charge on any atom is 0.248 e. The second kappa shape index (κ2) is 8.32. The monoisotopic (exact) mass is 343 g/mol. The molecule has 0 aromatic heterocycles. The standard InChI is InChI=1S/C20H25NO4/c1-3-9-24-14-20(22)21-8-10-25-19(13-21)17-5-4-16-12-18(23-2)7-6-15(16)11-17/h4-7,11-12,19H,3,8-10,13-14H2,1-2H3. The van der Waals surface area contributed by atoms with E-state index in [1.54, 1.807) is 7.11 Å². The van der Waals surface area contributed by atoms with E-state index >= 15 is 0 Å². The predicted molar refractivity (Wildman–Crippen MR) is 96.9 cm³/mol. The van der Waals surface area contributed by atoms with Crippen LogP contribution in [0, 0.1) is 0 Å². The number of carbonyl (C=O) groups is 1. The number of morpholine rings is 1. The zero-order chi connectivity index (χ0) is 17.6. The first kappa shape index (κ1) is 17.7. The maximum absolute atomic E-state index is 12.3. The van der Waals surface area contributed by atoms with Gasteiger partial charge < -0.3 is 19.1 Å². The van der Waals surface area contributed by atoms with Crippen molar-refractivity contribution in [3.8, 4) is 5.75 Å². The van der Waals surface area contributed by atoms with Gasteiger partial charge in [-0.15, -0.1) is 0 Å². The third-order valence-electron chi connectivity index (χ3n) is 4.44. The second-order valence-electron chi connectivity index (χ2n) is 6.22. The Labute approximate surface area is 148 Å². The summed E-state index contributed by atoms with van der Waals surface area (Å²) in [6.45, 7) is 4.53. The zero-order valence-corrected chi connectivity index (χ0v) is 14.9. The number of ether oxygens (including phenoxy) is 3. The topological polar surface area (TPSA) is 48.0 Å². The first-order valence-corrected chi connectivity index (χ1v) is 8.76. The number of nitrogens with zero attached hydrogens (tertiary/aromatic N) is 1. The van der Waals surface area contributed by atoms with Crippen LogP contribution < -0.4 is 4.74 Å². The highest BCUT2D eigenvalue weighted by atomic mass is 16.5. The summed E-state index contributed by atoms with van der Waals surface area (Å²) in [5.41, 5.74) is 1.09. The molecule has 2 aromatic rings. The number of benzene rings is 2. The fourth-order valence-corrected chi connectivity index (χ4v) is 3.04. The molecule has 1 amide bonds. The minimum absolute atomic E-state index is 0.0345. The molecule has 5 heteroatoms. The molecule has 0 aliphatic carbocycles. The molecule has 2 aromatic carbocycles. The van der Waals surface area contributed by atoms with E-state index in [4.69, 9.17) is 14.2 Å². The number of rotatable bonds is 6. The molecule has 1 aliphatic heterocycles. The summed E-state index contributed by atoms with van der Waals surface area (Å²) in [7, 11) is 1.67. The third-order valence-corrected chi connectivity index (χ3v) is 4.44. The molecule has 1 atom stereocenters. The summed E-state index contributed by atoms with van der Waals surface area (Å²) < 4.78 is 16.5. The number of carbonyl (C=O) groups excluding carboxylic acids is 1. The zero-order valence-electron chi connectivity index (χ0n) is 14.9. The van der Waals surface area contributed by atoms with Gasteiger partial charge in [-0.3, -0.25) is 4.79 Å². The first-order chi connectivity index (χ1) is 12.2. The van der Waals surface area contributed by atoms with Crippen molar-refractivity contribution in [1.29, 1.82) is 0 Å². The minimum atomic E-state index is -0.102. The van der Waals surface area contributed by atoms with Crippen LogP contribution in [0.25, 0.3) is 10.8 Å². The average Bonchev–Trinajstić information content (AvgIpc) is 2.67. The minimum Gasteiger partial charge on any atom is -0.497 e. The van der Waals surface area contributed by atoms with Gasteiger partial charge in [-0.05, 0) is 41.0 Å². The number of hydrogen-bond donors (Lipinski definition) is 0. The van der Waals surface area contributed by atoms with E-state index in [1.165, 1.54) is 0 Å². The van der Waals surface area contributed by atoms with E-state index in [-0.39, 0.29) is 18.6 Å². The second-order valence-corrected chi connectivity index (χ2v) is 6.22. The van der Waals surface area contributed by atoms with Gasteiger partial charge in [0.2, 0.25) is 5.91 Å². The van der Waals surface area contributed by atoms with E-state index in [0.29, 0.717) is 26.3 Å². The normalized spacial score (nSPS) is 17.7. The quantitative estimate of drug-likeness (QED) is 0.756. The molecular weight excluding hydrogens is 318 g/mol. The SMILES string of the molecule is CCCOCC(=O)N1CCOC(c2ccc3cc(OC)ccc3c2)C1. The van der Waals surface area contributed by atoms with Crippen molar-refractivity contribution in [2.45, 2.75) is 19.4 Å². The van der Waals surface area contributed by atoms with E-state index in [9.17, 15) is 4.79 Å². The summed E-state index contributed by atoms with van der Waals surface area (Å²) >= 11 is 0. The van der Waals surface area contributed by atoms with Crippen molar-refractivity contribution in [1.82, 2.24) is 4.90 Å². The van der Waals surface area contributed by atoms with Crippen LogP contribution in [0.2, 0.25) is 0 Å². The Morgan fingerprint density at radius 1 is 1.24 bits per heavy atom. The molecule has 134 valence electrons. The molecule has 1 heterocycles. The van der Waals surface area contributed by atoms with Crippen molar-refractivity contribution < 1.29 is 19.0 Å². The van der Waals surface area contributed by atoms with Gasteiger partial charge in [0.25, 0.3) is 0 Å². The van der Waals surface area contributed by atoms with Gasteiger partial charge in [-0.2, -0.15) is 0 Å². The number of hydrogen-bond acceptors (Lipinski definition) is 4. The molecule has 3 rings (SSSR count). The molecule has 5 nitrogen and oxygen atoms in total. The smallest absolute Gasteiger partial charge is 0.248 e. The summed E-state index contributed by atoms with van der Waals surface area (Å²) in [5, 5.41) is 2.26. The van der Waals surface area contributed by atoms with Crippen LogP contribution in [0.15, 0.2) is 36.4 Å². The van der Waals surface area contributed by atoms with Gasteiger partial charge in [0.05, 0.1) is 20.3 Å². The fraction of sp³-hybridized carbons (Fsp3) is 0.450. The van der Waals surface area contributed by atoms with E-state index in [0.717, 1.165) is 28.5 Å². The van der Waals surface area contributed by atoms with Crippen LogP contribution in [-0.2, 0) is 14.3 Å². The molecule has 0 spiro atoms. The lowest BCUT2D eigenvalue weighted by molar-refractivity contribution is -0.143. The molecule has 0 saturated carbocycles. The average molecular weight is 343 g/mol. The summed E-state index contributed by atoms with van der Waals surface area (Å²) in [6.07, 6.45) is 0.816. The molecule has 1 fully saturated rings. The highest BCUT2D eigenvalue weighted by Gasteiger charge is 2.25. The summed E-state index contributed by atoms with van der Waals surface area (Å²) in [5.74, 6) is 0.880. The lowest BCUT2D eigenvalue weighted by Gasteiger charge is -2.33. The Kier molecular flexibility index (Phi) is 5.89. The van der Waals surface area contributed by atoms with Crippen LogP contribution in [0.4, 0.5) is 0 Å². The molecule has 25 heavy (non-hydrogen) atoms. The Balaban J connectivity index is 1.70. The van der Waals surface area contributed by atoms with Gasteiger partial charge in [-0.25, -0.2) is 0 Å². The third kappa shape index (κ3) is 4.30. The Bertz CT molecular complexity index is 731. The Hall–Kier alpha value is -2.11. The molecule has 1 aliphatic rings. The van der Waals surface area contributed by atoms with Crippen LogP contribution in [0.1, 0.15) is 25.0 Å². The van der Waals surface area contributed by atoms with Crippen molar-refractivity contribution in [3.63, 3.8) is 0 Å². The molecule has 1 saturated heterocycles. The fourth-order valence-electron chi connectivity index (χ4n) is 3.04. The van der Waals surface area contributed by atoms with Crippen LogP contribution in [0.5, 0.6) is 5.75 Å². The van der Waals surface area contributed by atoms with Crippen LogP contribution >= 0.6 is 0 Å². The van der Waals surface area contributed by atoms with Gasteiger partial charge in [0.15, 0.2) is 0 Å². The number of methoxy groups -OCH3 is 1. The van der Waals surface area contributed by atoms with E-state index in [1.807, 2.05) is 30.0 Å². The number of fused-ring (bicyclic) bond motifs is 1. The van der Waals surface area contributed by atoms with Crippen molar-refractivity contribution >= 4 is 16.7 Å². The van der Waals surface area contributed by atoms with Crippen LogP contribution in [0.3, 0.4) is 0 Å². The predicted octanol–water partition coefficient (Wildman–Crippen LogP) is 3.17. The molecular formula is C20H25NO4. The van der Waals surface area contributed by atoms with E-state index in [2.05, 4.69) is 18.2 Å². The lowest BCUT2D eigenvalue weighted by Crippen LogP contribution is -2.43. The highest BCUT2D eigenvalue weighted by molar-refractivity contribution is 5.84. The summed E-state index contributed by atoms with van der Waals surface area (Å²) in [4.78, 5) is 14.1. The summed E-state index contributed by atoms with van der Waals surface area (Å²) in [6, 6.07) is 12.3. The van der Waals surface area contributed by atoms with Crippen LogP contribution in [-0.4, -0.2) is 50.8 Å². The molecule has 0 radical (unpaired) electrons. The largest absolute Gasteiger partial charge is 0.497 e. The van der Waals surface area contributed by atoms with Gasteiger partial charge in [-0.1, -0.05) is 25.1 Å². The first-order valence-electron chi connectivity index (χ1n) is 8.76. The van der Waals surface area contributed by atoms with Crippen molar-refractivity contribution in [2.75, 3.05) is 40.0 Å². The molecule has 0 bridgehead atoms. The van der Waals surface area contributed by atoms with Gasteiger partial charge in [0.1, 0.15) is 18.5 Å². The van der Waals surface area contributed by atoms with Gasteiger partial charge in [0, 0.05) is 13.2 Å². The van der Waals surface area contributed by atoms with Crippen molar-refractivity contribution in [3.05, 3.63) is 42.0 Å². The lowest BCUT2D eigenvalue weighted by atomic mass is 10.0. The molecule has 1 unspecified atom stereocenters. The van der Waals surface area contributed by atoms with Gasteiger partial charge >= 0.3 is 0 Å².